The number of H-pyrrole nitrogens is 1. The first-order valence-electron chi connectivity index (χ1n) is 5.74. The molecule has 1 aliphatic heterocycles. The van der Waals surface area contributed by atoms with Crippen molar-refractivity contribution in [2.45, 2.75) is 13.0 Å². The zero-order valence-corrected chi connectivity index (χ0v) is 10.5. The minimum atomic E-state index is 0.760. The fraction of sp³-hybridized carbons (Fsp3) is 0.308. The normalized spacial score (nSPS) is 15.9. The molecule has 0 saturated carbocycles. The van der Waals surface area contributed by atoms with Crippen LogP contribution in [0.5, 0.6) is 0 Å². The second kappa shape index (κ2) is 4.17. The molecule has 17 heavy (non-hydrogen) atoms. The van der Waals surface area contributed by atoms with Gasteiger partial charge in [-0.25, -0.2) is 0 Å². The number of aromatic amines is 1. The SMILES string of the molecule is CN1CCc2[nH]nc(-c3ccc(Cl)cc3)c2C1. The molecular formula is C13H14ClN3. The lowest BCUT2D eigenvalue weighted by molar-refractivity contribution is 0.312. The van der Waals surface area contributed by atoms with Crippen molar-refractivity contribution in [3.8, 4) is 11.3 Å². The average molecular weight is 248 g/mol. The zero-order chi connectivity index (χ0) is 11.8. The Kier molecular flexibility index (Phi) is 2.65. The van der Waals surface area contributed by atoms with Crippen LogP contribution in [-0.2, 0) is 13.0 Å². The number of benzene rings is 1. The van der Waals surface area contributed by atoms with Crippen molar-refractivity contribution in [1.82, 2.24) is 15.1 Å². The minimum Gasteiger partial charge on any atom is -0.302 e. The van der Waals surface area contributed by atoms with Gasteiger partial charge >= 0.3 is 0 Å². The van der Waals surface area contributed by atoms with E-state index < -0.39 is 0 Å². The molecule has 1 N–H and O–H groups in total. The summed E-state index contributed by atoms with van der Waals surface area (Å²) in [7, 11) is 2.14. The summed E-state index contributed by atoms with van der Waals surface area (Å²) in [5, 5.41) is 8.35. The van der Waals surface area contributed by atoms with Gasteiger partial charge < -0.3 is 4.90 Å². The van der Waals surface area contributed by atoms with Crippen LogP contribution in [0.2, 0.25) is 5.02 Å². The molecule has 0 spiro atoms. The fourth-order valence-electron chi connectivity index (χ4n) is 2.28. The Hall–Kier alpha value is -1.32. The van der Waals surface area contributed by atoms with Crippen LogP contribution in [0, 0.1) is 0 Å². The number of aromatic nitrogens is 2. The smallest absolute Gasteiger partial charge is 0.0968 e. The van der Waals surface area contributed by atoms with Crippen molar-refractivity contribution >= 4 is 11.6 Å². The van der Waals surface area contributed by atoms with Gasteiger partial charge in [-0.2, -0.15) is 5.10 Å². The molecule has 0 atom stereocenters. The summed E-state index contributed by atoms with van der Waals surface area (Å²) in [4.78, 5) is 2.32. The molecule has 2 aromatic rings. The highest BCUT2D eigenvalue weighted by Crippen LogP contribution is 2.28. The monoisotopic (exact) mass is 247 g/mol. The van der Waals surface area contributed by atoms with Gasteiger partial charge in [0.05, 0.1) is 5.69 Å². The number of fused-ring (bicyclic) bond motifs is 1. The Labute approximate surface area is 105 Å². The van der Waals surface area contributed by atoms with Crippen LogP contribution >= 0.6 is 11.6 Å². The second-order valence-corrected chi connectivity index (χ2v) is 4.96. The largest absolute Gasteiger partial charge is 0.302 e. The molecule has 3 rings (SSSR count). The second-order valence-electron chi connectivity index (χ2n) is 4.52. The van der Waals surface area contributed by atoms with E-state index in [2.05, 4.69) is 22.1 Å². The van der Waals surface area contributed by atoms with Gasteiger partial charge in [0.15, 0.2) is 0 Å². The average Bonchev–Trinajstić information content (AvgIpc) is 2.73. The molecule has 1 aromatic carbocycles. The molecule has 0 bridgehead atoms. The lowest BCUT2D eigenvalue weighted by Crippen LogP contribution is -2.26. The van der Waals surface area contributed by atoms with Crippen LogP contribution in [0.25, 0.3) is 11.3 Å². The highest BCUT2D eigenvalue weighted by Gasteiger charge is 2.20. The van der Waals surface area contributed by atoms with Gasteiger partial charge in [0.25, 0.3) is 0 Å². The zero-order valence-electron chi connectivity index (χ0n) is 9.70. The Balaban J connectivity index is 2.04. The molecule has 4 heteroatoms. The summed E-state index contributed by atoms with van der Waals surface area (Å²) >= 11 is 5.90. The number of hydrogen-bond acceptors (Lipinski definition) is 2. The van der Waals surface area contributed by atoms with E-state index in [9.17, 15) is 0 Å². The molecule has 2 heterocycles. The van der Waals surface area contributed by atoms with E-state index in [0.29, 0.717) is 0 Å². The van der Waals surface area contributed by atoms with Crippen molar-refractivity contribution in [2.75, 3.05) is 13.6 Å². The van der Waals surface area contributed by atoms with Gasteiger partial charge in [0.2, 0.25) is 0 Å². The quantitative estimate of drug-likeness (QED) is 0.840. The fourth-order valence-corrected chi connectivity index (χ4v) is 2.40. The third-order valence-electron chi connectivity index (χ3n) is 3.24. The predicted molar refractivity (Wildman–Crippen MR) is 69.1 cm³/mol. The van der Waals surface area contributed by atoms with Crippen molar-refractivity contribution in [2.24, 2.45) is 0 Å². The number of rotatable bonds is 1. The number of nitrogens with one attached hydrogen (secondary N) is 1. The number of halogens is 1. The molecule has 0 aliphatic carbocycles. The van der Waals surface area contributed by atoms with E-state index in [-0.39, 0.29) is 0 Å². The minimum absolute atomic E-state index is 0.760. The molecule has 0 fully saturated rings. The highest BCUT2D eigenvalue weighted by atomic mass is 35.5. The molecule has 0 radical (unpaired) electrons. The van der Waals surface area contributed by atoms with Gasteiger partial charge in [0.1, 0.15) is 0 Å². The predicted octanol–water partition coefficient (Wildman–Crippen LogP) is 2.72. The summed E-state index contributed by atoms with van der Waals surface area (Å²) in [6.07, 6.45) is 1.05. The molecule has 0 unspecified atom stereocenters. The van der Waals surface area contributed by atoms with E-state index in [1.807, 2.05) is 24.3 Å². The molecule has 3 nitrogen and oxygen atoms in total. The lowest BCUT2D eigenvalue weighted by Gasteiger charge is -2.22. The Morgan fingerprint density at radius 2 is 2.06 bits per heavy atom. The van der Waals surface area contributed by atoms with E-state index in [1.54, 1.807) is 0 Å². The number of nitrogens with zero attached hydrogens (tertiary/aromatic N) is 2. The van der Waals surface area contributed by atoms with Crippen molar-refractivity contribution in [3.63, 3.8) is 0 Å². The first-order chi connectivity index (χ1) is 8.24. The Morgan fingerprint density at radius 1 is 1.29 bits per heavy atom. The number of likely N-dealkylation sites (N-methyl/N-ethyl adjacent to an activating group) is 1. The summed E-state index contributed by atoms with van der Waals surface area (Å²) in [5.74, 6) is 0. The molecule has 1 aliphatic rings. The summed E-state index contributed by atoms with van der Waals surface area (Å²) in [6, 6.07) is 7.86. The first kappa shape index (κ1) is 10.8. The third-order valence-corrected chi connectivity index (χ3v) is 3.49. The van der Waals surface area contributed by atoms with E-state index in [4.69, 9.17) is 11.6 Å². The third kappa shape index (κ3) is 1.96. The van der Waals surface area contributed by atoms with Gasteiger partial charge in [0, 0.05) is 41.4 Å². The molecule has 0 amide bonds. The summed E-state index contributed by atoms with van der Waals surface area (Å²) < 4.78 is 0. The lowest BCUT2D eigenvalue weighted by atomic mass is 10.0. The molecule has 0 saturated heterocycles. The molecule has 1 aromatic heterocycles. The standard InChI is InChI=1S/C13H14ClN3/c1-17-7-6-12-11(8-17)13(16-15-12)9-2-4-10(14)5-3-9/h2-5H,6-8H2,1H3,(H,15,16). The maximum Gasteiger partial charge on any atom is 0.0968 e. The van der Waals surface area contributed by atoms with Crippen molar-refractivity contribution < 1.29 is 0 Å². The summed E-state index contributed by atoms with van der Waals surface area (Å²) in [6.45, 7) is 2.05. The van der Waals surface area contributed by atoms with Crippen LogP contribution in [0.4, 0.5) is 0 Å². The van der Waals surface area contributed by atoms with Gasteiger partial charge in [-0.05, 0) is 19.2 Å². The van der Waals surface area contributed by atoms with Crippen molar-refractivity contribution in [1.29, 1.82) is 0 Å². The maximum atomic E-state index is 5.90. The van der Waals surface area contributed by atoms with Crippen LogP contribution in [0.3, 0.4) is 0 Å². The Bertz CT molecular complexity index is 530. The van der Waals surface area contributed by atoms with Gasteiger partial charge in [-0.15, -0.1) is 0 Å². The highest BCUT2D eigenvalue weighted by molar-refractivity contribution is 6.30. The van der Waals surface area contributed by atoms with E-state index >= 15 is 0 Å². The molecule has 88 valence electrons. The maximum absolute atomic E-state index is 5.90. The van der Waals surface area contributed by atoms with Gasteiger partial charge in [-0.3, -0.25) is 5.10 Å². The number of hydrogen-bond donors (Lipinski definition) is 1. The first-order valence-corrected chi connectivity index (χ1v) is 6.12. The van der Waals surface area contributed by atoms with Crippen LogP contribution < -0.4 is 0 Å². The van der Waals surface area contributed by atoms with Crippen molar-refractivity contribution in [3.05, 3.63) is 40.5 Å². The summed E-state index contributed by atoms with van der Waals surface area (Å²) in [5.41, 5.74) is 4.78. The molecular weight excluding hydrogens is 234 g/mol. The van der Waals surface area contributed by atoms with E-state index in [0.717, 1.165) is 35.8 Å². The van der Waals surface area contributed by atoms with Gasteiger partial charge in [-0.1, -0.05) is 23.7 Å². The van der Waals surface area contributed by atoms with Crippen LogP contribution in [0.1, 0.15) is 11.3 Å². The van der Waals surface area contributed by atoms with Crippen LogP contribution in [0.15, 0.2) is 24.3 Å². The topological polar surface area (TPSA) is 31.9 Å². The van der Waals surface area contributed by atoms with Crippen LogP contribution in [-0.4, -0.2) is 28.7 Å². The Morgan fingerprint density at radius 3 is 2.82 bits per heavy atom. The van der Waals surface area contributed by atoms with E-state index in [1.165, 1.54) is 11.3 Å².